The summed E-state index contributed by atoms with van der Waals surface area (Å²) in [5.41, 5.74) is 1.70. The summed E-state index contributed by atoms with van der Waals surface area (Å²) in [5, 5.41) is 3.39. The van der Waals surface area contributed by atoms with Gasteiger partial charge in [-0.15, -0.1) is 0 Å². The van der Waals surface area contributed by atoms with Gasteiger partial charge in [0.15, 0.2) is 0 Å². The van der Waals surface area contributed by atoms with E-state index in [0.29, 0.717) is 0 Å². The van der Waals surface area contributed by atoms with Crippen LogP contribution in [0.25, 0.3) is 10.9 Å². The third kappa shape index (κ3) is 5.76. The Hall–Kier alpha value is -2.55. The SMILES string of the molecule is COC(=O)C(Cc1c[nH]c2ccccc12)NC(=O)CCOCC(F)(F)F. The number of halogens is 3. The fraction of sp³-hybridized carbons (Fsp3) is 0.412. The first-order valence-corrected chi connectivity index (χ1v) is 7.87. The Morgan fingerprint density at radius 3 is 2.69 bits per heavy atom. The zero-order valence-electron chi connectivity index (χ0n) is 14.1. The van der Waals surface area contributed by atoms with Crippen LogP contribution in [0.1, 0.15) is 12.0 Å². The highest BCUT2D eigenvalue weighted by Crippen LogP contribution is 2.19. The number of aromatic amines is 1. The van der Waals surface area contributed by atoms with Crippen LogP contribution in [0.5, 0.6) is 0 Å². The molecule has 9 heteroatoms. The fourth-order valence-electron chi connectivity index (χ4n) is 2.48. The first-order valence-electron chi connectivity index (χ1n) is 7.87. The quantitative estimate of drug-likeness (QED) is 0.551. The molecule has 1 atom stereocenters. The summed E-state index contributed by atoms with van der Waals surface area (Å²) in [5.74, 6) is -1.23. The average Bonchev–Trinajstić information content (AvgIpc) is 3.00. The van der Waals surface area contributed by atoms with Crippen LogP contribution in [0, 0.1) is 0 Å². The number of carbonyl (C=O) groups is 2. The summed E-state index contributed by atoms with van der Waals surface area (Å²) >= 11 is 0. The summed E-state index contributed by atoms with van der Waals surface area (Å²) in [7, 11) is 1.20. The van der Waals surface area contributed by atoms with Gasteiger partial charge in [0.2, 0.25) is 5.91 Å². The second kappa shape index (κ2) is 8.70. The molecule has 1 amide bonds. The third-order valence-corrected chi connectivity index (χ3v) is 3.66. The smallest absolute Gasteiger partial charge is 0.411 e. The second-order valence-electron chi connectivity index (χ2n) is 5.62. The first-order chi connectivity index (χ1) is 12.3. The van der Waals surface area contributed by atoms with E-state index in [0.717, 1.165) is 16.5 Å². The number of H-pyrrole nitrogens is 1. The molecule has 2 rings (SSSR count). The predicted octanol–water partition coefficient (Wildman–Crippen LogP) is 2.34. The zero-order valence-corrected chi connectivity index (χ0v) is 14.1. The fourth-order valence-corrected chi connectivity index (χ4v) is 2.48. The lowest BCUT2D eigenvalue weighted by Crippen LogP contribution is -2.43. The molecule has 1 aromatic heterocycles. The molecule has 0 saturated heterocycles. The molecular weight excluding hydrogens is 353 g/mol. The highest BCUT2D eigenvalue weighted by atomic mass is 19.4. The molecule has 142 valence electrons. The van der Waals surface area contributed by atoms with Crippen molar-refractivity contribution in [3.63, 3.8) is 0 Å². The lowest BCUT2D eigenvalue weighted by atomic mass is 10.0. The molecule has 0 bridgehead atoms. The highest BCUT2D eigenvalue weighted by Gasteiger charge is 2.28. The van der Waals surface area contributed by atoms with E-state index >= 15 is 0 Å². The van der Waals surface area contributed by atoms with Gasteiger partial charge in [-0.3, -0.25) is 4.79 Å². The molecule has 26 heavy (non-hydrogen) atoms. The Kier molecular flexibility index (Phi) is 6.62. The Labute approximate surface area is 147 Å². The standard InChI is InChI=1S/C17H19F3N2O4/c1-25-16(24)14(22-15(23)6-7-26-10-17(18,19)20)8-11-9-21-13-5-3-2-4-12(11)13/h2-5,9,14,21H,6-8,10H2,1H3,(H,22,23). The largest absolute Gasteiger partial charge is 0.467 e. The number of carbonyl (C=O) groups excluding carboxylic acids is 2. The van der Waals surface area contributed by atoms with Crippen LogP contribution in [0.3, 0.4) is 0 Å². The zero-order chi connectivity index (χ0) is 19.2. The van der Waals surface area contributed by atoms with Crippen molar-refractivity contribution in [2.24, 2.45) is 0 Å². The molecule has 0 radical (unpaired) electrons. The van der Waals surface area contributed by atoms with Gasteiger partial charge < -0.3 is 19.8 Å². The van der Waals surface area contributed by atoms with Crippen molar-refractivity contribution in [1.29, 1.82) is 0 Å². The molecule has 0 saturated carbocycles. The van der Waals surface area contributed by atoms with E-state index in [4.69, 9.17) is 4.74 Å². The number of ether oxygens (including phenoxy) is 2. The molecule has 0 spiro atoms. The summed E-state index contributed by atoms with van der Waals surface area (Å²) in [4.78, 5) is 26.9. The van der Waals surface area contributed by atoms with E-state index in [1.165, 1.54) is 7.11 Å². The van der Waals surface area contributed by atoms with Crippen molar-refractivity contribution in [3.05, 3.63) is 36.0 Å². The van der Waals surface area contributed by atoms with Crippen molar-refractivity contribution in [2.45, 2.75) is 25.1 Å². The van der Waals surface area contributed by atoms with Gasteiger partial charge in [-0.1, -0.05) is 18.2 Å². The number of alkyl halides is 3. The average molecular weight is 372 g/mol. The number of esters is 1. The number of nitrogens with one attached hydrogen (secondary N) is 2. The van der Waals surface area contributed by atoms with Crippen LogP contribution in [0.2, 0.25) is 0 Å². The van der Waals surface area contributed by atoms with Gasteiger partial charge in [-0.2, -0.15) is 13.2 Å². The number of benzene rings is 1. The molecule has 1 aromatic carbocycles. The van der Waals surface area contributed by atoms with Gasteiger partial charge in [0.25, 0.3) is 0 Å². The molecular formula is C17H19F3N2O4. The van der Waals surface area contributed by atoms with E-state index in [1.807, 2.05) is 24.3 Å². The maximum atomic E-state index is 12.0. The van der Waals surface area contributed by atoms with E-state index in [-0.39, 0.29) is 12.8 Å². The van der Waals surface area contributed by atoms with Crippen LogP contribution in [0.15, 0.2) is 30.5 Å². The molecule has 0 aliphatic carbocycles. The topological polar surface area (TPSA) is 80.4 Å². The number of hydrogen-bond acceptors (Lipinski definition) is 4. The lowest BCUT2D eigenvalue weighted by molar-refractivity contribution is -0.174. The Morgan fingerprint density at radius 1 is 1.27 bits per heavy atom. The predicted molar refractivity (Wildman–Crippen MR) is 87.4 cm³/mol. The van der Waals surface area contributed by atoms with Crippen LogP contribution < -0.4 is 5.32 Å². The molecule has 2 aromatic rings. The number of fused-ring (bicyclic) bond motifs is 1. The van der Waals surface area contributed by atoms with Crippen LogP contribution in [-0.4, -0.2) is 49.4 Å². The maximum absolute atomic E-state index is 12.0. The second-order valence-corrected chi connectivity index (χ2v) is 5.62. The van der Waals surface area contributed by atoms with E-state index < -0.39 is 37.3 Å². The van der Waals surface area contributed by atoms with Crippen LogP contribution in [-0.2, 0) is 25.5 Å². The molecule has 6 nitrogen and oxygen atoms in total. The van der Waals surface area contributed by atoms with Crippen LogP contribution >= 0.6 is 0 Å². The summed E-state index contributed by atoms with van der Waals surface area (Å²) in [6.07, 6.45) is -2.82. The number of rotatable bonds is 8. The molecule has 0 aliphatic heterocycles. The van der Waals surface area contributed by atoms with Crippen molar-refractivity contribution >= 4 is 22.8 Å². The monoisotopic (exact) mass is 372 g/mol. The normalized spacial score (nSPS) is 12.8. The van der Waals surface area contributed by atoms with E-state index in [2.05, 4.69) is 15.0 Å². The summed E-state index contributed by atoms with van der Waals surface area (Å²) in [6.45, 7) is -1.82. The van der Waals surface area contributed by atoms with E-state index in [1.54, 1.807) is 6.20 Å². The minimum atomic E-state index is -4.44. The Morgan fingerprint density at radius 2 is 2.00 bits per heavy atom. The van der Waals surface area contributed by atoms with E-state index in [9.17, 15) is 22.8 Å². The molecule has 0 fully saturated rings. The van der Waals surface area contributed by atoms with Gasteiger partial charge in [0, 0.05) is 29.9 Å². The number of hydrogen-bond donors (Lipinski definition) is 2. The molecule has 1 unspecified atom stereocenters. The van der Waals surface area contributed by atoms with Gasteiger partial charge in [-0.05, 0) is 11.6 Å². The van der Waals surface area contributed by atoms with Crippen LogP contribution in [0.4, 0.5) is 13.2 Å². The van der Waals surface area contributed by atoms with Gasteiger partial charge >= 0.3 is 12.1 Å². The lowest BCUT2D eigenvalue weighted by Gasteiger charge is -2.16. The third-order valence-electron chi connectivity index (χ3n) is 3.66. The summed E-state index contributed by atoms with van der Waals surface area (Å²) < 4.78 is 45.1. The van der Waals surface area contributed by atoms with Crippen molar-refractivity contribution < 1.29 is 32.2 Å². The molecule has 1 heterocycles. The minimum Gasteiger partial charge on any atom is -0.467 e. The maximum Gasteiger partial charge on any atom is 0.411 e. The Bertz CT molecular complexity index is 758. The van der Waals surface area contributed by atoms with Crippen molar-refractivity contribution in [2.75, 3.05) is 20.3 Å². The minimum absolute atomic E-state index is 0.186. The van der Waals surface area contributed by atoms with Gasteiger partial charge in [0.05, 0.1) is 13.7 Å². The van der Waals surface area contributed by atoms with Gasteiger partial charge in [-0.25, -0.2) is 4.79 Å². The van der Waals surface area contributed by atoms with Crippen molar-refractivity contribution in [1.82, 2.24) is 10.3 Å². The number of para-hydroxylation sites is 1. The number of methoxy groups -OCH3 is 1. The highest BCUT2D eigenvalue weighted by molar-refractivity contribution is 5.87. The number of aromatic nitrogens is 1. The Balaban J connectivity index is 1.95. The van der Waals surface area contributed by atoms with Crippen molar-refractivity contribution in [3.8, 4) is 0 Å². The first kappa shape index (κ1) is 19.8. The van der Waals surface area contributed by atoms with Gasteiger partial charge in [0.1, 0.15) is 12.6 Å². The summed E-state index contributed by atoms with van der Waals surface area (Å²) in [6, 6.07) is 6.52. The molecule has 2 N–H and O–H groups in total. The number of amides is 1. The molecule has 0 aliphatic rings.